The van der Waals surface area contributed by atoms with Crippen molar-refractivity contribution in [3.8, 4) is 5.75 Å². The summed E-state index contributed by atoms with van der Waals surface area (Å²) in [7, 11) is 1.51. The summed E-state index contributed by atoms with van der Waals surface area (Å²) in [5, 5.41) is 3.39. The Hall–Kier alpha value is -2.53. The maximum absolute atomic E-state index is 12.6. The fraction of sp³-hybridized carbons (Fsp3) is 0.300. The molecule has 0 fully saturated rings. The number of para-hydroxylation sites is 1. The van der Waals surface area contributed by atoms with Crippen molar-refractivity contribution in [2.45, 2.75) is 27.2 Å². The monoisotopic (exact) mass is 374 g/mol. The summed E-state index contributed by atoms with van der Waals surface area (Å²) >= 11 is 6.06. The van der Waals surface area contributed by atoms with Crippen molar-refractivity contribution in [3.63, 3.8) is 0 Å². The number of aryl methyl sites for hydroxylation is 2. The lowest BCUT2D eigenvalue weighted by Crippen LogP contribution is -2.37. The minimum absolute atomic E-state index is 0.135. The topological polar surface area (TPSA) is 58.6 Å². The van der Waals surface area contributed by atoms with Crippen LogP contribution in [0.3, 0.4) is 0 Å². The molecular formula is C20H23ClN2O3. The van der Waals surface area contributed by atoms with Crippen molar-refractivity contribution in [2.24, 2.45) is 0 Å². The number of nitrogens with one attached hydrogen (secondary N) is 1. The molecule has 0 radical (unpaired) electrons. The van der Waals surface area contributed by atoms with Gasteiger partial charge in [0.25, 0.3) is 0 Å². The summed E-state index contributed by atoms with van der Waals surface area (Å²) in [5.74, 6) is -0.0880. The number of carbonyl (C=O) groups is 2. The molecule has 0 aromatic heterocycles. The largest absolute Gasteiger partial charge is 0.495 e. The van der Waals surface area contributed by atoms with Crippen LogP contribution < -0.4 is 15.0 Å². The van der Waals surface area contributed by atoms with E-state index in [1.807, 2.05) is 32.0 Å². The number of nitrogens with zero attached hydrogens (tertiary/aromatic N) is 1. The van der Waals surface area contributed by atoms with Crippen LogP contribution in [0.1, 0.15) is 25.0 Å². The fourth-order valence-electron chi connectivity index (χ4n) is 2.76. The second-order valence-electron chi connectivity index (χ2n) is 5.93. The summed E-state index contributed by atoms with van der Waals surface area (Å²) in [6.07, 6.45) is 0.801. The summed E-state index contributed by atoms with van der Waals surface area (Å²) in [6.45, 7) is 5.24. The van der Waals surface area contributed by atoms with E-state index in [0.717, 1.165) is 23.2 Å². The molecule has 0 bridgehead atoms. The average molecular weight is 375 g/mol. The number of methoxy groups -OCH3 is 1. The maximum Gasteiger partial charge on any atom is 0.244 e. The molecule has 0 aliphatic heterocycles. The van der Waals surface area contributed by atoms with Crippen LogP contribution in [-0.4, -0.2) is 25.5 Å². The Morgan fingerprint density at radius 3 is 2.58 bits per heavy atom. The van der Waals surface area contributed by atoms with Gasteiger partial charge in [0.1, 0.15) is 12.3 Å². The second kappa shape index (κ2) is 8.72. The summed E-state index contributed by atoms with van der Waals surface area (Å²) in [6, 6.07) is 10.8. The van der Waals surface area contributed by atoms with Crippen molar-refractivity contribution in [1.29, 1.82) is 0 Å². The molecule has 2 aromatic rings. The van der Waals surface area contributed by atoms with Crippen molar-refractivity contribution in [3.05, 3.63) is 52.5 Å². The van der Waals surface area contributed by atoms with E-state index in [9.17, 15) is 9.59 Å². The molecule has 2 amide bonds. The molecule has 2 rings (SSSR count). The van der Waals surface area contributed by atoms with Gasteiger partial charge in [0.2, 0.25) is 11.8 Å². The van der Waals surface area contributed by atoms with Crippen LogP contribution in [-0.2, 0) is 16.0 Å². The molecule has 0 saturated carbocycles. The number of carbonyl (C=O) groups excluding carboxylic acids is 2. The van der Waals surface area contributed by atoms with Crippen LogP contribution in [0.15, 0.2) is 36.4 Å². The number of ether oxygens (including phenoxy) is 1. The highest BCUT2D eigenvalue weighted by molar-refractivity contribution is 6.31. The molecule has 0 aliphatic rings. The maximum atomic E-state index is 12.6. The molecular weight excluding hydrogens is 352 g/mol. The molecule has 6 heteroatoms. The summed E-state index contributed by atoms with van der Waals surface area (Å²) in [5.41, 5.74) is 3.28. The van der Waals surface area contributed by atoms with Crippen molar-refractivity contribution in [1.82, 2.24) is 0 Å². The third-order valence-corrected chi connectivity index (χ3v) is 4.35. The van der Waals surface area contributed by atoms with Gasteiger partial charge in [0.05, 0.1) is 12.8 Å². The highest BCUT2D eigenvalue weighted by atomic mass is 35.5. The SMILES string of the molecule is CCc1cccc(C)c1NC(=O)CN(C(C)=O)c1cc(Cl)ccc1OC. The Balaban J connectivity index is 2.28. The second-order valence-corrected chi connectivity index (χ2v) is 6.37. The Morgan fingerprint density at radius 2 is 1.96 bits per heavy atom. The molecule has 0 heterocycles. The van der Waals surface area contributed by atoms with Gasteiger partial charge in [0, 0.05) is 17.6 Å². The van der Waals surface area contributed by atoms with Crippen LogP contribution in [0.5, 0.6) is 5.75 Å². The van der Waals surface area contributed by atoms with E-state index in [1.165, 1.54) is 18.9 Å². The molecule has 0 aliphatic carbocycles. The minimum atomic E-state index is -0.286. The van der Waals surface area contributed by atoms with Gasteiger partial charge in [-0.05, 0) is 42.7 Å². The lowest BCUT2D eigenvalue weighted by Gasteiger charge is -2.23. The zero-order valence-corrected chi connectivity index (χ0v) is 16.2. The lowest BCUT2D eigenvalue weighted by molar-refractivity contribution is -0.120. The quantitative estimate of drug-likeness (QED) is 0.823. The first-order chi connectivity index (χ1) is 12.4. The van der Waals surface area contributed by atoms with E-state index in [0.29, 0.717) is 16.5 Å². The third kappa shape index (κ3) is 4.55. The number of amides is 2. The van der Waals surface area contributed by atoms with E-state index < -0.39 is 0 Å². The lowest BCUT2D eigenvalue weighted by atomic mass is 10.1. The van der Waals surface area contributed by atoms with Crippen molar-refractivity contribution in [2.75, 3.05) is 23.9 Å². The average Bonchev–Trinajstić information content (AvgIpc) is 2.61. The number of anilines is 2. The van der Waals surface area contributed by atoms with E-state index in [-0.39, 0.29) is 18.4 Å². The van der Waals surface area contributed by atoms with E-state index in [2.05, 4.69) is 5.32 Å². The van der Waals surface area contributed by atoms with Gasteiger partial charge in [-0.3, -0.25) is 14.5 Å². The van der Waals surface area contributed by atoms with Gasteiger partial charge in [0.15, 0.2) is 0 Å². The van der Waals surface area contributed by atoms with Crippen LogP contribution >= 0.6 is 11.6 Å². The molecule has 0 unspecified atom stereocenters. The Morgan fingerprint density at radius 1 is 1.23 bits per heavy atom. The molecule has 0 saturated heterocycles. The van der Waals surface area contributed by atoms with Crippen LogP contribution in [0, 0.1) is 6.92 Å². The predicted octanol–water partition coefficient (Wildman–Crippen LogP) is 4.21. The van der Waals surface area contributed by atoms with E-state index in [1.54, 1.807) is 18.2 Å². The zero-order chi connectivity index (χ0) is 19.3. The summed E-state index contributed by atoms with van der Waals surface area (Å²) < 4.78 is 5.30. The highest BCUT2D eigenvalue weighted by Gasteiger charge is 2.20. The number of rotatable bonds is 6. The van der Waals surface area contributed by atoms with Gasteiger partial charge in [-0.1, -0.05) is 36.7 Å². The molecule has 0 spiro atoms. The number of benzene rings is 2. The van der Waals surface area contributed by atoms with Crippen LogP contribution in [0.2, 0.25) is 5.02 Å². The summed E-state index contributed by atoms with van der Waals surface area (Å²) in [4.78, 5) is 26.1. The molecule has 5 nitrogen and oxygen atoms in total. The highest BCUT2D eigenvalue weighted by Crippen LogP contribution is 2.31. The smallest absolute Gasteiger partial charge is 0.244 e. The molecule has 0 atom stereocenters. The normalized spacial score (nSPS) is 10.3. The molecule has 138 valence electrons. The standard InChI is InChI=1S/C20H23ClN2O3/c1-5-15-8-6-7-13(2)20(15)22-19(25)12-23(14(3)24)17-11-16(21)9-10-18(17)26-4/h6-11H,5,12H2,1-4H3,(H,22,25). The van der Waals surface area contributed by atoms with Gasteiger partial charge in [-0.25, -0.2) is 0 Å². The predicted molar refractivity (Wildman–Crippen MR) is 105 cm³/mol. The van der Waals surface area contributed by atoms with Gasteiger partial charge in [-0.2, -0.15) is 0 Å². The fourth-order valence-corrected chi connectivity index (χ4v) is 2.93. The Kier molecular flexibility index (Phi) is 6.64. The number of hydrogen-bond donors (Lipinski definition) is 1. The van der Waals surface area contributed by atoms with E-state index >= 15 is 0 Å². The molecule has 1 N–H and O–H groups in total. The third-order valence-electron chi connectivity index (χ3n) is 4.12. The first-order valence-electron chi connectivity index (χ1n) is 8.37. The van der Waals surface area contributed by atoms with Gasteiger partial charge in [-0.15, -0.1) is 0 Å². The van der Waals surface area contributed by atoms with Gasteiger partial charge < -0.3 is 10.1 Å². The molecule has 26 heavy (non-hydrogen) atoms. The van der Waals surface area contributed by atoms with E-state index in [4.69, 9.17) is 16.3 Å². The van der Waals surface area contributed by atoms with Crippen molar-refractivity contribution >= 4 is 34.8 Å². The van der Waals surface area contributed by atoms with Crippen LogP contribution in [0.4, 0.5) is 11.4 Å². The first-order valence-corrected chi connectivity index (χ1v) is 8.75. The van der Waals surface area contributed by atoms with Crippen LogP contribution in [0.25, 0.3) is 0 Å². The first kappa shape index (κ1) is 19.8. The Bertz CT molecular complexity index is 821. The zero-order valence-electron chi connectivity index (χ0n) is 15.4. The number of halogens is 1. The minimum Gasteiger partial charge on any atom is -0.495 e. The Labute approximate surface area is 158 Å². The number of hydrogen-bond acceptors (Lipinski definition) is 3. The van der Waals surface area contributed by atoms with Crippen molar-refractivity contribution < 1.29 is 14.3 Å². The van der Waals surface area contributed by atoms with Gasteiger partial charge >= 0.3 is 0 Å². The molecule has 2 aromatic carbocycles.